The molecule has 1 fully saturated rings. The second-order valence-electron chi connectivity index (χ2n) is 6.00. The Labute approximate surface area is 127 Å². The molecular formula is C17H27FN2O. The van der Waals surface area contributed by atoms with Crippen molar-refractivity contribution in [1.82, 2.24) is 5.32 Å². The van der Waals surface area contributed by atoms with Gasteiger partial charge in [-0.2, -0.15) is 0 Å². The number of methoxy groups -OCH3 is 1. The molecule has 0 amide bonds. The van der Waals surface area contributed by atoms with E-state index in [1.165, 1.54) is 18.5 Å². The molecule has 2 unspecified atom stereocenters. The normalized spacial score (nSPS) is 22.6. The summed E-state index contributed by atoms with van der Waals surface area (Å²) in [5.41, 5.74) is 2.20. The molecule has 0 radical (unpaired) electrons. The van der Waals surface area contributed by atoms with Gasteiger partial charge in [0, 0.05) is 38.5 Å². The summed E-state index contributed by atoms with van der Waals surface area (Å²) >= 11 is 0. The molecule has 1 aromatic carbocycles. The third-order valence-electron chi connectivity index (χ3n) is 4.52. The first-order valence-electron chi connectivity index (χ1n) is 7.88. The summed E-state index contributed by atoms with van der Waals surface area (Å²) in [5.74, 6) is 0.512. The van der Waals surface area contributed by atoms with Gasteiger partial charge in [0.25, 0.3) is 0 Å². The number of benzene rings is 1. The number of hydrogen-bond acceptors (Lipinski definition) is 3. The van der Waals surface area contributed by atoms with Crippen molar-refractivity contribution in [2.45, 2.75) is 39.3 Å². The van der Waals surface area contributed by atoms with E-state index in [1.54, 1.807) is 19.2 Å². The summed E-state index contributed by atoms with van der Waals surface area (Å²) in [6, 6.07) is 5.65. The van der Waals surface area contributed by atoms with E-state index in [0.717, 1.165) is 18.7 Å². The maximum atomic E-state index is 13.6. The van der Waals surface area contributed by atoms with E-state index in [-0.39, 0.29) is 5.82 Å². The molecule has 1 aliphatic heterocycles. The molecule has 1 aromatic rings. The van der Waals surface area contributed by atoms with Gasteiger partial charge in [-0.3, -0.25) is 0 Å². The van der Waals surface area contributed by atoms with Crippen molar-refractivity contribution in [3.05, 3.63) is 29.6 Å². The molecule has 1 saturated heterocycles. The van der Waals surface area contributed by atoms with E-state index >= 15 is 0 Å². The number of rotatable bonds is 6. The minimum absolute atomic E-state index is 0.167. The van der Waals surface area contributed by atoms with Crippen LogP contribution in [0.3, 0.4) is 0 Å². The van der Waals surface area contributed by atoms with E-state index < -0.39 is 0 Å². The summed E-state index contributed by atoms with van der Waals surface area (Å²) in [4.78, 5) is 2.43. The summed E-state index contributed by atoms with van der Waals surface area (Å²) in [6.07, 6.45) is 2.49. The van der Waals surface area contributed by atoms with E-state index in [4.69, 9.17) is 4.74 Å². The highest BCUT2D eigenvalue weighted by atomic mass is 19.1. The van der Waals surface area contributed by atoms with Crippen LogP contribution < -0.4 is 10.2 Å². The molecule has 0 aliphatic carbocycles. The van der Waals surface area contributed by atoms with Crippen molar-refractivity contribution < 1.29 is 9.13 Å². The van der Waals surface area contributed by atoms with Crippen molar-refractivity contribution >= 4 is 5.69 Å². The second-order valence-corrected chi connectivity index (χ2v) is 6.00. The maximum Gasteiger partial charge on any atom is 0.123 e. The first-order chi connectivity index (χ1) is 10.1. The topological polar surface area (TPSA) is 24.5 Å². The Morgan fingerprint density at radius 1 is 1.38 bits per heavy atom. The molecule has 0 saturated carbocycles. The van der Waals surface area contributed by atoms with Crippen molar-refractivity contribution in [3.63, 3.8) is 0 Å². The SMILES string of the molecule is COCCNCc1cc(F)ccc1N1CCCC(C)C1C. The molecule has 4 heteroatoms. The van der Waals surface area contributed by atoms with E-state index in [0.29, 0.717) is 25.1 Å². The van der Waals surface area contributed by atoms with Crippen LogP contribution in [-0.4, -0.2) is 32.8 Å². The highest BCUT2D eigenvalue weighted by Gasteiger charge is 2.26. The Bertz CT molecular complexity index is 452. The zero-order valence-electron chi connectivity index (χ0n) is 13.4. The first-order valence-corrected chi connectivity index (χ1v) is 7.88. The van der Waals surface area contributed by atoms with E-state index in [9.17, 15) is 4.39 Å². The third-order valence-corrected chi connectivity index (χ3v) is 4.52. The van der Waals surface area contributed by atoms with Crippen LogP contribution in [0.1, 0.15) is 32.3 Å². The van der Waals surface area contributed by atoms with Crippen LogP contribution in [-0.2, 0) is 11.3 Å². The molecule has 118 valence electrons. The first kappa shape index (κ1) is 16.2. The number of halogens is 1. The van der Waals surface area contributed by atoms with Gasteiger partial charge in [0.05, 0.1) is 6.61 Å². The zero-order valence-corrected chi connectivity index (χ0v) is 13.4. The monoisotopic (exact) mass is 294 g/mol. The molecule has 1 heterocycles. The maximum absolute atomic E-state index is 13.6. The molecular weight excluding hydrogens is 267 g/mol. The van der Waals surface area contributed by atoms with Gasteiger partial charge >= 0.3 is 0 Å². The highest BCUT2D eigenvalue weighted by molar-refractivity contribution is 5.55. The molecule has 2 rings (SSSR count). The van der Waals surface area contributed by atoms with Crippen LogP contribution in [0.5, 0.6) is 0 Å². The van der Waals surface area contributed by atoms with Gasteiger partial charge in [-0.1, -0.05) is 6.92 Å². The quantitative estimate of drug-likeness (QED) is 0.816. The molecule has 2 atom stereocenters. The van der Waals surface area contributed by atoms with Gasteiger partial charge in [-0.15, -0.1) is 0 Å². The van der Waals surface area contributed by atoms with Gasteiger partial charge in [-0.25, -0.2) is 4.39 Å². The van der Waals surface area contributed by atoms with Crippen LogP contribution in [0.15, 0.2) is 18.2 Å². The van der Waals surface area contributed by atoms with Crippen molar-refractivity contribution in [2.75, 3.05) is 31.7 Å². The smallest absolute Gasteiger partial charge is 0.123 e. The second kappa shape index (κ2) is 7.76. The molecule has 1 aliphatic rings. The number of nitrogens with one attached hydrogen (secondary N) is 1. The number of ether oxygens (including phenoxy) is 1. The molecule has 21 heavy (non-hydrogen) atoms. The van der Waals surface area contributed by atoms with Crippen LogP contribution >= 0.6 is 0 Å². The number of hydrogen-bond donors (Lipinski definition) is 1. The van der Waals surface area contributed by atoms with Crippen LogP contribution in [0.4, 0.5) is 10.1 Å². The van der Waals surface area contributed by atoms with Crippen LogP contribution in [0.2, 0.25) is 0 Å². The lowest BCUT2D eigenvalue weighted by Gasteiger charge is -2.40. The summed E-state index contributed by atoms with van der Waals surface area (Å²) in [7, 11) is 1.69. The van der Waals surface area contributed by atoms with Crippen molar-refractivity contribution in [3.8, 4) is 0 Å². The van der Waals surface area contributed by atoms with Gasteiger partial charge in [0.1, 0.15) is 5.82 Å². The molecule has 0 bridgehead atoms. The Kier molecular flexibility index (Phi) is 6.00. The highest BCUT2D eigenvalue weighted by Crippen LogP contribution is 2.31. The van der Waals surface area contributed by atoms with Crippen molar-refractivity contribution in [2.24, 2.45) is 5.92 Å². The Morgan fingerprint density at radius 3 is 2.95 bits per heavy atom. The van der Waals surface area contributed by atoms with E-state index in [2.05, 4.69) is 24.1 Å². The van der Waals surface area contributed by atoms with Crippen LogP contribution in [0, 0.1) is 11.7 Å². The van der Waals surface area contributed by atoms with Gasteiger partial charge in [0.2, 0.25) is 0 Å². The average Bonchev–Trinajstić information content (AvgIpc) is 2.47. The molecule has 3 nitrogen and oxygen atoms in total. The number of piperidine rings is 1. The van der Waals surface area contributed by atoms with E-state index in [1.807, 2.05) is 6.07 Å². The molecule has 0 spiro atoms. The fraction of sp³-hybridized carbons (Fsp3) is 0.647. The largest absolute Gasteiger partial charge is 0.383 e. The fourth-order valence-electron chi connectivity index (χ4n) is 3.05. The lowest BCUT2D eigenvalue weighted by Crippen LogP contribution is -2.43. The predicted molar refractivity (Wildman–Crippen MR) is 85.2 cm³/mol. The summed E-state index contributed by atoms with van der Waals surface area (Å²) in [6.45, 7) is 7.75. The third kappa shape index (κ3) is 4.17. The van der Waals surface area contributed by atoms with Gasteiger partial charge in [-0.05, 0) is 49.4 Å². The minimum atomic E-state index is -0.167. The fourth-order valence-corrected chi connectivity index (χ4v) is 3.05. The molecule has 1 N–H and O–H groups in total. The summed E-state index contributed by atoms with van der Waals surface area (Å²) in [5, 5.41) is 3.32. The minimum Gasteiger partial charge on any atom is -0.383 e. The summed E-state index contributed by atoms with van der Waals surface area (Å²) < 4.78 is 18.6. The Morgan fingerprint density at radius 2 is 2.19 bits per heavy atom. The van der Waals surface area contributed by atoms with Crippen LogP contribution in [0.25, 0.3) is 0 Å². The zero-order chi connectivity index (χ0) is 15.2. The van der Waals surface area contributed by atoms with Crippen molar-refractivity contribution in [1.29, 1.82) is 0 Å². The molecule has 0 aromatic heterocycles. The average molecular weight is 294 g/mol. The van der Waals surface area contributed by atoms with Gasteiger partial charge in [0.15, 0.2) is 0 Å². The lowest BCUT2D eigenvalue weighted by atomic mass is 9.91. The predicted octanol–water partition coefficient (Wildman–Crippen LogP) is 3.19. The Balaban J connectivity index is 2.13. The standard InChI is InChI=1S/C17H27FN2O/c1-13-5-4-9-20(14(13)2)17-7-6-16(18)11-15(17)12-19-8-10-21-3/h6-7,11,13-14,19H,4-5,8-10,12H2,1-3H3. The van der Waals surface area contributed by atoms with Gasteiger partial charge < -0.3 is 15.0 Å². The lowest BCUT2D eigenvalue weighted by molar-refractivity contribution is 0.199. The Hall–Kier alpha value is -1.13. The number of anilines is 1. The number of nitrogens with zero attached hydrogens (tertiary/aromatic N) is 1.